The molecule has 4 aliphatic rings. The lowest BCUT2D eigenvalue weighted by atomic mass is 9.82. The van der Waals surface area contributed by atoms with E-state index in [-0.39, 0.29) is 23.9 Å². The van der Waals surface area contributed by atoms with Gasteiger partial charge < -0.3 is 14.0 Å². The van der Waals surface area contributed by atoms with Crippen LogP contribution in [0, 0.1) is 5.92 Å². The number of benzene rings is 2. The molecule has 35 heavy (non-hydrogen) atoms. The highest BCUT2D eigenvalue weighted by Gasteiger charge is 2.49. The number of fused-ring (bicyclic) bond motifs is 3. The minimum atomic E-state index is -0.346. The number of carbonyl (C=O) groups excluding carboxylic acids is 2. The van der Waals surface area contributed by atoms with Crippen LogP contribution in [0.1, 0.15) is 54.1 Å². The van der Waals surface area contributed by atoms with E-state index in [1.807, 2.05) is 54.6 Å². The summed E-state index contributed by atoms with van der Waals surface area (Å²) >= 11 is 0. The highest BCUT2D eigenvalue weighted by atomic mass is 16.5. The molecule has 6 rings (SSSR count). The first-order chi connectivity index (χ1) is 17.1. The van der Waals surface area contributed by atoms with Crippen LogP contribution < -0.4 is 4.74 Å². The van der Waals surface area contributed by atoms with Gasteiger partial charge in [0.15, 0.2) is 6.10 Å². The second-order valence-electron chi connectivity index (χ2n) is 10.5. The summed E-state index contributed by atoms with van der Waals surface area (Å²) in [4.78, 5) is 29.1. The fourth-order valence-corrected chi connectivity index (χ4v) is 6.27. The van der Waals surface area contributed by atoms with E-state index in [1.165, 1.54) is 6.42 Å². The first kappa shape index (κ1) is 24.0. The Morgan fingerprint density at radius 3 is 2.31 bits per heavy atom. The van der Waals surface area contributed by atoms with Gasteiger partial charge in [-0.25, -0.2) is 4.79 Å². The molecule has 0 radical (unpaired) electrons. The quantitative estimate of drug-likeness (QED) is 0.323. The molecule has 186 valence electrons. The SMILES string of the molecule is COc1ccc(C(=O)C[N+]23CCC(CC2)[C@@H](OC(=O)C(c2ccccc2)N2CCCCC2)C3)cc1. The van der Waals surface area contributed by atoms with Gasteiger partial charge in [0.25, 0.3) is 0 Å². The van der Waals surface area contributed by atoms with Gasteiger partial charge in [-0.15, -0.1) is 0 Å². The number of Topliss-reactive ketones (excluding diaryl/α,β-unsaturated/α-hetero) is 1. The van der Waals surface area contributed by atoms with E-state index in [1.54, 1.807) is 7.11 Å². The van der Waals surface area contributed by atoms with Crippen LogP contribution in [0.15, 0.2) is 54.6 Å². The Kier molecular flexibility index (Phi) is 7.21. The normalized spacial score (nSPS) is 27.2. The number of hydrogen-bond donors (Lipinski definition) is 0. The Bertz CT molecular complexity index is 1010. The van der Waals surface area contributed by atoms with Crippen molar-refractivity contribution in [3.63, 3.8) is 0 Å². The summed E-state index contributed by atoms with van der Waals surface area (Å²) in [5, 5.41) is 0. The molecule has 0 amide bonds. The topological polar surface area (TPSA) is 55.8 Å². The van der Waals surface area contributed by atoms with Crippen LogP contribution >= 0.6 is 0 Å². The van der Waals surface area contributed by atoms with E-state index in [9.17, 15) is 9.59 Å². The number of quaternary nitrogens is 1. The molecule has 2 atom stereocenters. The van der Waals surface area contributed by atoms with Crippen molar-refractivity contribution in [2.24, 2.45) is 5.92 Å². The van der Waals surface area contributed by atoms with E-state index in [4.69, 9.17) is 9.47 Å². The minimum absolute atomic E-state index is 0.121. The molecule has 4 saturated heterocycles. The van der Waals surface area contributed by atoms with Crippen molar-refractivity contribution in [1.29, 1.82) is 0 Å². The first-order valence-electron chi connectivity index (χ1n) is 13.1. The number of rotatable bonds is 8. The summed E-state index contributed by atoms with van der Waals surface area (Å²) in [7, 11) is 1.63. The summed E-state index contributed by atoms with van der Waals surface area (Å²) in [5.41, 5.74) is 1.73. The average Bonchev–Trinajstić information content (AvgIpc) is 2.90. The number of esters is 1. The number of ether oxygens (including phenoxy) is 2. The molecule has 4 aliphatic heterocycles. The predicted molar refractivity (Wildman–Crippen MR) is 134 cm³/mol. The monoisotopic (exact) mass is 477 g/mol. The molecule has 0 N–H and O–H groups in total. The summed E-state index contributed by atoms with van der Waals surface area (Å²) in [6.45, 7) is 5.02. The Hall–Kier alpha value is -2.70. The van der Waals surface area contributed by atoms with Crippen LogP contribution in [0.25, 0.3) is 0 Å². The van der Waals surface area contributed by atoms with Crippen molar-refractivity contribution >= 4 is 11.8 Å². The lowest BCUT2D eigenvalue weighted by molar-refractivity contribution is -0.938. The van der Waals surface area contributed by atoms with Crippen molar-refractivity contribution < 1.29 is 23.5 Å². The second-order valence-corrected chi connectivity index (χ2v) is 10.5. The number of nitrogens with zero attached hydrogens (tertiary/aromatic N) is 2. The molecule has 4 heterocycles. The molecular weight excluding hydrogens is 440 g/mol. The maximum absolute atomic E-state index is 13.6. The van der Waals surface area contributed by atoms with Gasteiger partial charge in [-0.05, 0) is 55.8 Å². The van der Waals surface area contributed by atoms with E-state index >= 15 is 0 Å². The maximum Gasteiger partial charge on any atom is 0.328 e. The number of likely N-dealkylation sites (tertiary alicyclic amines) is 1. The predicted octanol–water partition coefficient (Wildman–Crippen LogP) is 4.26. The van der Waals surface area contributed by atoms with Crippen LogP contribution in [0.2, 0.25) is 0 Å². The van der Waals surface area contributed by atoms with Crippen LogP contribution in [0.5, 0.6) is 5.75 Å². The van der Waals surface area contributed by atoms with Crippen molar-refractivity contribution in [3.8, 4) is 5.75 Å². The van der Waals surface area contributed by atoms with Gasteiger partial charge in [-0.1, -0.05) is 36.8 Å². The molecule has 0 aliphatic carbocycles. The summed E-state index contributed by atoms with van der Waals surface area (Å²) in [6, 6.07) is 17.1. The van der Waals surface area contributed by atoms with Gasteiger partial charge in [0.2, 0.25) is 5.78 Å². The zero-order valence-corrected chi connectivity index (χ0v) is 20.7. The Morgan fingerprint density at radius 2 is 1.66 bits per heavy atom. The largest absolute Gasteiger partial charge is 0.497 e. The Labute approximate surface area is 208 Å². The van der Waals surface area contributed by atoms with E-state index < -0.39 is 0 Å². The summed E-state index contributed by atoms with van der Waals surface area (Å²) in [5.74, 6) is 1.17. The summed E-state index contributed by atoms with van der Waals surface area (Å²) in [6.07, 6.45) is 5.36. The third-order valence-electron chi connectivity index (χ3n) is 8.29. The second kappa shape index (κ2) is 10.5. The number of methoxy groups -OCH3 is 1. The van der Waals surface area contributed by atoms with Crippen LogP contribution in [0.3, 0.4) is 0 Å². The molecule has 0 saturated carbocycles. The van der Waals surface area contributed by atoms with E-state index in [2.05, 4.69) is 4.90 Å². The third kappa shape index (κ3) is 5.29. The van der Waals surface area contributed by atoms with Gasteiger partial charge in [0, 0.05) is 24.3 Å². The highest BCUT2D eigenvalue weighted by molar-refractivity contribution is 5.97. The lowest BCUT2D eigenvalue weighted by Crippen LogP contribution is -2.66. The van der Waals surface area contributed by atoms with E-state index in [0.717, 1.165) is 74.2 Å². The maximum atomic E-state index is 13.6. The van der Waals surface area contributed by atoms with Crippen molar-refractivity contribution in [2.75, 3.05) is 46.4 Å². The third-order valence-corrected chi connectivity index (χ3v) is 8.29. The summed E-state index contributed by atoms with van der Waals surface area (Å²) < 4.78 is 12.3. The molecule has 0 aromatic heterocycles. The highest BCUT2D eigenvalue weighted by Crippen LogP contribution is 2.37. The molecule has 2 aromatic rings. The first-order valence-corrected chi connectivity index (χ1v) is 13.1. The fourth-order valence-electron chi connectivity index (χ4n) is 6.27. The Morgan fingerprint density at radius 1 is 0.971 bits per heavy atom. The Balaban J connectivity index is 1.29. The van der Waals surface area contributed by atoms with Gasteiger partial charge in [-0.2, -0.15) is 0 Å². The van der Waals surface area contributed by atoms with Crippen LogP contribution in [0.4, 0.5) is 0 Å². The van der Waals surface area contributed by atoms with Gasteiger partial charge >= 0.3 is 5.97 Å². The minimum Gasteiger partial charge on any atom is -0.497 e. The lowest BCUT2D eigenvalue weighted by Gasteiger charge is -2.51. The molecule has 0 spiro atoms. The van der Waals surface area contributed by atoms with Gasteiger partial charge in [0.05, 0.1) is 20.2 Å². The van der Waals surface area contributed by atoms with Crippen LogP contribution in [-0.4, -0.2) is 73.6 Å². The molecule has 1 unspecified atom stereocenters. The number of hydrogen-bond acceptors (Lipinski definition) is 5. The van der Waals surface area contributed by atoms with Crippen molar-refractivity contribution in [1.82, 2.24) is 4.90 Å². The van der Waals surface area contributed by atoms with Crippen molar-refractivity contribution in [3.05, 3.63) is 65.7 Å². The zero-order valence-electron chi connectivity index (χ0n) is 20.7. The molecule has 4 fully saturated rings. The number of ketones is 1. The molecule has 2 bridgehead atoms. The van der Waals surface area contributed by atoms with Gasteiger partial charge in [0.1, 0.15) is 24.9 Å². The average molecular weight is 478 g/mol. The number of carbonyl (C=O) groups is 2. The smallest absolute Gasteiger partial charge is 0.328 e. The van der Waals surface area contributed by atoms with Gasteiger partial charge in [-0.3, -0.25) is 9.69 Å². The van der Waals surface area contributed by atoms with Crippen molar-refractivity contribution in [2.45, 2.75) is 44.2 Å². The molecule has 6 heteroatoms. The molecular formula is C29H37N2O4+. The van der Waals surface area contributed by atoms with Crippen LogP contribution in [-0.2, 0) is 9.53 Å². The standard InChI is InChI=1S/C29H37N2O4/c1-34-25-12-10-22(11-13-25)26(32)20-31-18-14-23(15-19-31)27(21-31)35-29(33)28(24-8-4-2-5-9-24)30-16-6-3-7-17-30/h2,4-5,8-13,23,27-28H,3,6-7,14-21H2,1H3/q+1/t23?,27-,28?,31?/m0/s1. The fraction of sp³-hybridized carbons (Fsp3) is 0.517. The van der Waals surface area contributed by atoms with E-state index in [0.29, 0.717) is 18.0 Å². The number of piperidine rings is 4. The molecule has 6 nitrogen and oxygen atoms in total. The molecule has 2 aromatic carbocycles. The zero-order chi connectivity index (χ0) is 24.3.